The van der Waals surface area contributed by atoms with Crippen LogP contribution in [0.1, 0.15) is 97.4 Å². The van der Waals surface area contributed by atoms with E-state index in [1.165, 1.54) is 0 Å². The number of rotatable bonds is 19. The van der Waals surface area contributed by atoms with Gasteiger partial charge in [0.25, 0.3) is 0 Å². The molecule has 2 aromatic carbocycles. The van der Waals surface area contributed by atoms with Crippen LogP contribution in [-0.4, -0.2) is 81.6 Å². The van der Waals surface area contributed by atoms with Crippen molar-refractivity contribution < 1.29 is 19.1 Å². The quantitative estimate of drug-likeness (QED) is 0.103. The van der Waals surface area contributed by atoms with Crippen LogP contribution >= 0.6 is 0 Å². The fourth-order valence-corrected chi connectivity index (χ4v) is 6.53. The molecule has 0 aliphatic heterocycles. The lowest BCUT2D eigenvalue weighted by atomic mass is 10.0. The Hall–Kier alpha value is -4.28. The predicted octanol–water partition coefficient (Wildman–Crippen LogP) is 8.22. The van der Waals surface area contributed by atoms with Crippen LogP contribution in [0.2, 0.25) is 0 Å². The summed E-state index contributed by atoms with van der Waals surface area (Å²) in [5.74, 6) is 2.00. The fourth-order valence-electron chi connectivity index (χ4n) is 6.53. The summed E-state index contributed by atoms with van der Waals surface area (Å²) in [7, 11) is 3.37. The van der Waals surface area contributed by atoms with E-state index in [4.69, 9.17) is 9.47 Å². The zero-order valence-corrected chi connectivity index (χ0v) is 31.2. The van der Waals surface area contributed by atoms with E-state index >= 15 is 0 Å². The van der Waals surface area contributed by atoms with Gasteiger partial charge in [-0.2, -0.15) is 0 Å². The van der Waals surface area contributed by atoms with Crippen molar-refractivity contribution in [1.82, 2.24) is 29.7 Å². The second kappa shape index (κ2) is 18.6. The number of carbonyl (C=O) groups excluding carboxylic acids is 2. The first-order chi connectivity index (χ1) is 24.1. The highest BCUT2D eigenvalue weighted by molar-refractivity contribution is 5.77. The maximum absolute atomic E-state index is 13.1. The normalized spacial score (nSPS) is 13.8. The number of H-pyrrole nitrogens is 2. The van der Waals surface area contributed by atoms with Crippen molar-refractivity contribution in [2.45, 2.75) is 91.8 Å². The molecule has 0 bridgehead atoms. The maximum atomic E-state index is 13.1. The van der Waals surface area contributed by atoms with Crippen molar-refractivity contribution in [3.8, 4) is 33.6 Å². The van der Waals surface area contributed by atoms with E-state index in [0.717, 1.165) is 64.6 Å². The molecule has 0 aliphatic rings. The van der Waals surface area contributed by atoms with Gasteiger partial charge in [-0.15, -0.1) is 0 Å². The van der Waals surface area contributed by atoms with Crippen LogP contribution in [-0.2, 0) is 19.1 Å². The molecule has 2 N–H and O–H groups in total. The molecular weight excluding hydrogens is 628 g/mol. The third-order valence-corrected chi connectivity index (χ3v) is 9.31. The second-order valence-electron chi connectivity index (χ2n) is 13.3. The first kappa shape index (κ1) is 38.5. The molecule has 2 heterocycles. The van der Waals surface area contributed by atoms with E-state index in [1.54, 1.807) is 14.2 Å². The van der Waals surface area contributed by atoms with Crippen LogP contribution in [0.4, 0.5) is 0 Å². The third-order valence-electron chi connectivity index (χ3n) is 9.31. The van der Waals surface area contributed by atoms with Crippen molar-refractivity contribution in [3.63, 3.8) is 0 Å². The van der Waals surface area contributed by atoms with E-state index < -0.39 is 0 Å². The minimum atomic E-state index is -0.207. The summed E-state index contributed by atoms with van der Waals surface area (Å²) in [5.41, 5.74) is 6.07. The van der Waals surface area contributed by atoms with E-state index in [2.05, 4.69) is 82.3 Å². The van der Waals surface area contributed by atoms with E-state index in [-0.39, 0.29) is 35.9 Å². The van der Waals surface area contributed by atoms with Crippen molar-refractivity contribution >= 4 is 11.8 Å². The minimum Gasteiger partial charge on any atom is -0.384 e. The highest BCUT2D eigenvalue weighted by Crippen LogP contribution is 2.30. The number of aromatic nitrogens is 4. The number of hydrogen-bond acceptors (Lipinski definition) is 6. The van der Waals surface area contributed by atoms with Gasteiger partial charge in [-0.3, -0.25) is 9.59 Å². The van der Waals surface area contributed by atoms with Crippen molar-refractivity contribution in [1.29, 1.82) is 0 Å². The smallest absolute Gasteiger partial charge is 0.223 e. The number of methoxy groups -OCH3 is 2. The molecule has 270 valence electrons. The van der Waals surface area contributed by atoms with Gasteiger partial charge in [-0.05, 0) is 61.3 Å². The van der Waals surface area contributed by atoms with Gasteiger partial charge in [0, 0.05) is 33.6 Å². The van der Waals surface area contributed by atoms with Crippen LogP contribution in [0.25, 0.3) is 33.6 Å². The van der Waals surface area contributed by atoms with Crippen molar-refractivity contribution in [2.24, 2.45) is 5.92 Å². The third kappa shape index (κ3) is 9.48. The summed E-state index contributed by atoms with van der Waals surface area (Å²) < 4.78 is 10.8. The molecule has 0 aliphatic carbocycles. The molecular formula is C40H56N6O4. The van der Waals surface area contributed by atoms with E-state index in [9.17, 15) is 9.59 Å². The Kier molecular flexibility index (Phi) is 14.4. The summed E-state index contributed by atoms with van der Waals surface area (Å²) in [6.45, 7) is 14.0. The minimum absolute atomic E-state index is 0.0149. The van der Waals surface area contributed by atoms with E-state index in [0.29, 0.717) is 32.6 Å². The molecule has 0 saturated heterocycles. The van der Waals surface area contributed by atoms with Crippen LogP contribution < -0.4 is 0 Å². The largest absolute Gasteiger partial charge is 0.384 e. The number of ether oxygens (including phenoxy) is 2. The molecule has 2 amide bonds. The van der Waals surface area contributed by atoms with Crippen LogP contribution in [0, 0.1) is 5.92 Å². The van der Waals surface area contributed by atoms with Gasteiger partial charge in [0.1, 0.15) is 11.6 Å². The average molecular weight is 685 g/mol. The van der Waals surface area contributed by atoms with Gasteiger partial charge in [-0.1, -0.05) is 76.2 Å². The zero-order valence-electron chi connectivity index (χ0n) is 31.2. The number of hydrogen-bond donors (Lipinski definition) is 2. The Balaban J connectivity index is 1.46. The molecule has 10 heteroatoms. The second-order valence-corrected chi connectivity index (χ2v) is 13.3. The van der Waals surface area contributed by atoms with Crippen molar-refractivity contribution in [2.75, 3.05) is 34.0 Å². The lowest BCUT2D eigenvalue weighted by molar-refractivity contribution is -0.138. The predicted molar refractivity (Wildman–Crippen MR) is 199 cm³/mol. The SMILES string of the molecule is CCCC(=O)N(CC(C)COC)C(C)c1ncc(-c2ccc(-c3ccc(-c4cnc(C(C)N(C(=O)CCC)C(CC)COC)[nH]4)cc3)cc2)[nH]1. The molecule has 10 nitrogen and oxygen atoms in total. The molecule has 0 saturated carbocycles. The highest BCUT2D eigenvalue weighted by Gasteiger charge is 2.29. The van der Waals surface area contributed by atoms with E-state index in [1.807, 2.05) is 49.9 Å². The number of nitrogens with zero attached hydrogens (tertiary/aromatic N) is 4. The topological polar surface area (TPSA) is 116 Å². The first-order valence-corrected chi connectivity index (χ1v) is 18.0. The van der Waals surface area contributed by atoms with Gasteiger partial charge < -0.3 is 29.2 Å². The monoisotopic (exact) mass is 684 g/mol. The Labute approximate surface area is 298 Å². The highest BCUT2D eigenvalue weighted by atomic mass is 16.5. The van der Waals surface area contributed by atoms with Gasteiger partial charge in [0.2, 0.25) is 11.8 Å². The average Bonchev–Trinajstić information content (AvgIpc) is 3.82. The number of imidazole rings is 2. The van der Waals surface area contributed by atoms with Crippen LogP contribution in [0.5, 0.6) is 0 Å². The van der Waals surface area contributed by atoms with Gasteiger partial charge in [-0.25, -0.2) is 9.97 Å². The Morgan fingerprint density at radius 2 is 1.14 bits per heavy atom. The Morgan fingerprint density at radius 3 is 1.60 bits per heavy atom. The molecule has 4 rings (SSSR count). The lowest BCUT2D eigenvalue weighted by Crippen LogP contribution is -2.44. The molecule has 2 aromatic heterocycles. The van der Waals surface area contributed by atoms with Gasteiger partial charge in [0.15, 0.2) is 0 Å². The molecule has 4 unspecified atom stereocenters. The van der Waals surface area contributed by atoms with Crippen molar-refractivity contribution in [3.05, 3.63) is 72.6 Å². The lowest BCUT2D eigenvalue weighted by Gasteiger charge is -2.35. The molecule has 50 heavy (non-hydrogen) atoms. The summed E-state index contributed by atoms with van der Waals surface area (Å²) in [4.78, 5) is 46.3. The molecule has 0 spiro atoms. The Bertz CT molecular complexity index is 1630. The molecule has 4 atom stereocenters. The van der Waals surface area contributed by atoms with Gasteiger partial charge in [0.05, 0.1) is 55.1 Å². The standard InChI is InChI=1S/C40H56N6O4/c1-9-12-37(47)45(24-27(4)25-49-7)28(5)39-41-22-35(43-39)32-18-14-30(15-19-32)31-16-20-33(21-17-31)36-23-42-40(44-36)29(6)46(38(48)13-10-2)34(11-3)26-50-8/h14-23,27-29,34H,9-13,24-26H2,1-8H3,(H,41,43)(H,42,44). The molecule has 4 aromatic rings. The molecule has 0 fully saturated rings. The van der Waals surface area contributed by atoms with Gasteiger partial charge >= 0.3 is 0 Å². The number of benzene rings is 2. The molecule has 0 radical (unpaired) electrons. The first-order valence-electron chi connectivity index (χ1n) is 18.0. The van der Waals surface area contributed by atoms with Crippen LogP contribution in [0.3, 0.4) is 0 Å². The number of aromatic amines is 2. The zero-order chi connectivity index (χ0) is 36.2. The number of nitrogens with one attached hydrogen (secondary N) is 2. The number of carbonyl (C=O) groups is 2. The Morgan fingerprint density at radius 1 is 0.680 bits per heavy atom. The number of amides is 2. The summed E-state index contributed by atoms with van der Waals surface area (Å²) in [5, 5.41) is 0. The summed E-state index contributed by atoms with van der Waals surface area (Å²) in [6.07, 6.45) is 7.10. The fraction of sp³-hybridized carbons (Fsp3) is 0.500. The van der Waals surface area contributed by atoms with Crippen LogP contribution in [0.15, 0.2) is 60.9 Å². The maximum Gasteiger partial charge on any atom is 0.223 e. The summed E-state index contributed by atoms with van der Waals surface area (Å²) in [6, 6.07) is 16.4. The summed E-state index contributed by atoms with van der Waals surface area (Å²) >= 11 is 0.